The zero-order chi connectivity index (χ0) is 20.2. The lowest BCUT2D eigenvalue weighted by Gasteiger charge is -2.06. The fraction of sp³-hybridized carbons (Fsp3) is 0.0435. The van der Waals surface area contributed by atoms with E-state index in [-0.39, 0.29) is 5.56 Å². The third kappa shape index (κ3) is 4.31. The Morgan fingerprint density at radius 1 is 0.966 bits per heavy atom. The largest absolute Gasteiger partial charge is 0.478 e. The number of hydrogen-bond donors (Lipinski definition) is 2. The predicted molar refractivity (Wildman–Crippen MR) is 115 cm³/mol. The average molecular weight is 404 g/mol. The van der Waals surface area contributed by atoms with Gasteiger partial charge in [0.1, 0.15) is 0 Å². The molecule has 0 spiro atoms. The van der Waals surface area contributed by atoms with E-state index in [9.17, 15) is 4.79 Å². The molecule has 0 aliphatic rings. The molecule has 1 heterocycles. The zero-order valence-corrected chi connectivity index (χ0v) is 16.2. The number of aromatic nitrogens is 2. The Morgan fingerprint density at radius 2 is 1.66 bits per heavy atom. The second-order valence-electron chi connectivity index (χ2n) is 6.53. The van der Waals surface area contributed by atoms with Crippen LogP contribution in [0.1, 0.15) is 15.9 Å². The number of nitrogens with zero attached hydrogens (tertiary/aromatic N) is 2. The molecule has 1 aromatic heterocycles. The van der Waals surface area contributed by atoms with Crippen LogP contribution in [0.3, 0.4) is 0 Å². The normalized spacial score (nSPS) is 10.7. The van der Waals surface area contributed by atoms with E-state index < -0.39 is 5.97 Å². The topological polar surface area (TPSA) is 67.2 Å². The van der Waals surface area contributed by atoms with Crippen LogP contribution in [0, 0.1) is 0 Å². The summed E-state index contributed by atoms with van der Waals surface area (Å²) in [5, 5.41) is 17.9. The third-order valence-electron chi connectivity index (χ3n) is 4.54. The first-order chi connectivity index (χ1) is 14.1. The van der Waals surface area contributed by atoms with Crippen molar-refractivity contribution in [3.8, 4) is 16.9 Å². The standard InChI is InChI=1S/C23H18ClN3O2/c24-19-8-10-20(11-9-19)25-14-18-15-27(21-12-6-17(7-13-21)23(28)29)26-22(18)16-4-2-1-3-5-16/h1-13,15,25H,14H2,(H,28,29). The second kappa shape index (κ2) is 8.20. The van der Waals surface area contributed by atoms with Gasteiger partial charge in [0.2, 0.25) is 0 Å². The van der Waals surface area contributed by atoms with Crippen molar-refractivity contribution in [3.05, 3.63) is 101 Å². The number of anilines is 1. The van der Waals surface area contributed by atoms with Crippen LogP contribution in [0.15, 0.2) is 85.1 Å². The van der Waals surface area contributed by atoms with Crippen LogP contribution in [0.4, 0.5) is 5.69 Å². The van der Waals surface area contributed by atoms with E-state index in [4.69, 9.17) is 21.8 Å². The molecular formula is C23H18ClN3O2. The molecule has 6 heteroatoms. The van der Waals surface area contributed by atoms with Crippen molar-refractivity contribution in [2.45, 2.75) is 6.54 Å². The summed E-state index contributed by atoms with van der Waals surface area (Å²) in [5.74, 6) is -0.949. The Bertz CT molecular complexity index is 1120. The van der Waals surface area contributed by atoms with Crippen LogP contribution in [0.25, 0.3) is 16.9 Å². The van der Waals surface area contributed by atoms with Gasteiger partial charge in [-0.2, -0.15) is 5.10 Å². The van der Waals surface area contributed by atoms with Crippen molar-refractivity contribution in [2.24, 2.45) is 0 Å². The molecule has 4 rings (SSSR count). The summed E-state index contributed by atoms with van der Waals surface area (Å²) in [6, 6.07) is 24.2. The summed E-state index contributed by atoms with van der Waals surface area (Å²) in [6.45, 7) is 0.582. The van der Waals surface area contributed by atoms with E-state index in [1.54, 1.807) is 28.9 Å². The number of carboxylic acids is 1. The van der Waals surface area contributed by atoms with E-state index in [1.165, 1.54) is 0 Å². The number of aromatic carboxylic acids is 1. The third-order valence-corrected chi connectivity index (χ3v) is 4.80. The van der Waals surface area contributed by atoms with E-state index >= 15 is 0 Å². The molecule has 0 radical (unpaired) electrons. The highest BCUT2D eigenvalue weighted by Crippen LogP contribution is 2.25. The van der Waals surface area contributed by atoms with Crippen molar-refractivity contribution >= 4 is 23.3 Å². The van der Waals surface area contributed by atoms with Crippen LogP contribution >= 0.6 is 11.6 Å². The lowest BCUT2D eigenvalue weighted by atomic mass is 10.1. The predicted octanol–water partition coefficient (Wildman–Crippen LogP) is 5.50. The number of carboxylic acid groups (broad SMARTS) is 1. The maximum Gasteiger partial charge on any atom is 0.335 e. The molecule has 29 heavy (non-hydrogen) atoms. The molecule has 0 fully saturated rings. The van der Waals surface area contributed by atoms with Gasteiger partial charge >= 0.3 is 5.97 Å². The number of nitrogens with one attached hydrogen (secondary N) is 1. The lowest BCUT2D eigenvalue weighted by molar-refractivity contribution is 0.0697. The maximum absolute atomic E-state index is 11.1. The van der Waals surface area contributed by atoms with Gasteiger partial charge in [0.05, 0.1) is 16.9 Å². The van der Waals surface area contributed by atoms with Gasteiger partial charge in [-0.1, -0.05) is 41.9 Å². The summed E-state index contributed by atoms with van der Waals surface area (Å²) >= 11 is 5.96. The number of hydrogen-bond acceptors (Lipinski definition) is 3. The van der Waals surface area contributed by atoms with Gasteiger partial charge in [0.25, 0.3) is 0 Å². The summed E-state index contributed by atoms with van der Waals surface area (Å²) < 4.78 is 1.77. The minimum atomic E-state index is -0.949. The second-order valence-corrected chi connectivity index (χ2v) is 6.96. The van der Waals surface area contributed by atoms with Gasteiger partial charge in [0, 0.05) is 34.6 Å². The van der Waals surface area contributed by atoms with Crippen LogP contribution in [0.2, 0.25) is 5.02 Å². The van der Waals surface area contributed by atoms with Crippen LogP contribution in [-0.4, -0.2) is 20.9 Å². The van der Waals surface area contributed by atoms with E-state index in [0.717, 1.165) is 28.2 Å². The van der Waals surface area contributed by atoms with Crippen LogP contribution < -0.4 is 5.32 Å². The number of carbonyl (C=O) groups is 1. The highest BCUT2D eigenvalue weighted by molar-refractivity contribution is 6.30. The van der Waals surface area contributed by atoms with E-state index in [1.807, 2.05) is 60.8 Å². The molecule has 0 atom stereocenters. The van der Waals surface area contributed by atoms with Crippen molar-refractivity contribution in [1.82, 2.24) is 9.78 Å². The average Bonchev–Trinajstić information content (AvgIpc) is 3.18. The van der Waals surface area contributed by atoms with Gasteiger partial charge in [-0.3, -0.25) is 0 Å². The maximum atomic E-state index is 11.1. The minimum Gasteiger partial charge on any atom is -0.478 e. The molecule has 2 N–H and O–H groups in total. The van der Waals surface area contributed by atoms with E-state index in [0.29, 0.717) is 11.6 Å². The fourth-order valence-corrected chi connectivity index (χ4v) is 3.16. The molecule has 4 aromatic rings. The molecular weight excluding hydrogens is 386 g/mol. The van der Waals surface area contributed by atoms with Crippen molar-refractivity contribution in [3.63, 3.8) is 0 Å². The highest BCUT2D eigenvalue weighted by atomic mass is 35.5. The molecule has 5 nitrogen and oxygen atoms in total. The lowest BCUT2D eigenvalue weighted by Crippen LogP contribution is -2.00. The van der Waals surface area contributed by atoms with Gasteiger partial charge in [-0.15, -0.1) is 0 Å². The number of halogens is 1. The first-order valence-corrected chi connectivity index (χ1v) is 9.45. The SMILES string of the molecule is O=C(O)c1ccc(-n2cc(CNc3ccc(Cl)cc3)c(-c3ccccc3)n2)cc1. The minimum absolute atomic E-state index is 0.244. The smallest absolute Gasteiger partial charge is 0.335 e. The monoisotopic (exact) mass is 403 g/mol. The molecule has 0 aliphatic heterocycles. The quantitative estimate of drug-likeness (QED) is 0.446. The van der Waals surface area contributed by atoms with Crippen molar-refractivity contribution in [2.75, 3.05) is 5.32 Å². The molecule has 0 amide bonds. The van der Waals surface area contributed by atoms with Gasteiger partial charge in [-0.25, -0.2) is 9.48 Å². The zero-order valence-electron chi connectivity index (χ0n) is 15.4. The Balaban J connectivity index is 1.67. The van der Waals surface area contributed by atoms with Gasteiger partial charge in [0.15, 0.2) is 0 Å². The van der Waals surface area contributed by atoms with E-state index in [2.05, 4.69) is 5.32 Å². The van der Waals surface area contributed by atoms with Gasteiger partial charge < -0.3 is 10.4 Å². The molecule has 0 bridgehead atoms. The Kier molecular flexibility index (Phi) is 5.31. The highest BCUT2D eigenvalue weighted by Gasteiger charge is 2.13. The first-order valence-electron chi connectivity index (χ1n) is 9.07. The molecule has 3 aromatic carbocycles. The molecule has 144 valence electrons. The van der Waals surface area contributed by atoms with Crippen molar-refractivity contribution < 1.29 is 9.90 Å². The number of rotatable bonds is 6. The van der Waals surface area contributed by atoms with Crippen molar-refractivity contribution in [1.29, 1.82) is 0 Å². The number of benzene rings is 3. The first kappa shape index (κ1) is 18.8. The summed E-state index contributed by atoms with van der Waals surface area (Å²) in [7, 11) is 0. The Morgan fingerprint density at radius 3 is 2.31 bits per heavy atom. The van der Waals surface area contributed by atoms with Crippen LogP contribution in [-0.2, 0) is 6.54 Å². The van der Waals surface area contributed by atoms with Gasteiger partial charge in [-0.05, 0) is 48.5 Å². The summed E-state index contributed by atoms with van der Waals surface area (Å²) in [6.07, 6.45) is 1.96. The Hall–Kier alpha value is -3.57. The molecule has 0 aliphatic carbocycles. The molecule has 0 saturated heterocycles. The fourth-order valence-electron chi connectivity index (χ4n) is 3.03. The van der Waals surface area contributed by atoms with Crippen LogP contribution in [0.5, 0.6) is 0 Å². The summed E-state index contributed by atoms with van der Waals surface area (Å²) in [5.41, 5.74) is 4.91. The summed E-state index contributed by atoms with van der Waals surface area (Å²) in [4.78, 5) is 11.1. The Labute approximate surface area is 173 Å². The molecule has 0 saturated carbocycles. The molecule has 0 unspecified atom stereocenters.